The van der Waals surface area contributed by atoms with Crippen molar-refractivity contribution in [2.45, 2.75) is 57.0 Å². The number of carbonyl (C=O) groups is 1. The zero-order valence-electron chi connectivity index (χ0n) is 12.0. The Morgan fingerprint density at radius 3 is 2.05 bits per heavy atom. The van der Waals surface area contributed by atoms with E-state index >= 15 is 0 Å². The number of nitrogens with one attached hydrogen (secondary N) is 1. The highest BCUT2D eigenvalue weighted by molar-refractivity contribution is 5.81. The first-order valence-electron chi connectivity index (χ1n) is 7.51. The van der Waals surface area contributed by atoms with Gasteiger partial charge >= 0.3 is 0 Å². The number of carbonyl (C=O) groups excluding carboxylic acids is 1. The van der Waals surface area contributed by atoms with E-state index in [2.05, 4.69) is 5.32 Å². The summed E-state index contributed by atoms with van der Waals surface area (Å²) in [4.78, 5) is 11.7. The number of benzene rings is 1. The number of nitrogens with two attached hydrogens (primary N) is 1. The normalized spacial score (nSPS) is 18.4. The van der Waals surface area contributed by atoms with Gasteiger partial charge in [0.2, 0.25) is 5.91 Å². The predicted octanol–water partition coefficient (Wildman–Crippen LogP) is 3.46. The van der Waals surface area contributed by atoms with Gasteiger partial charge in [-0.1, -0.05) is 49.9 Å². The van der Waals surface area contributed by atoms with E-state index in [-0.39, 0.29) is 11.6 Å². The van der Waals surface area contributed by atoms with Crippen molar-refractivity contribution in [1.29, 1.82) is 0 Å². The van der Waals surface area contributed by atoms with Gasteiger partial charge in [-0.25, -0.2) is 8.78 Å². The monoisotopic (exact) mass is 296 g/mol. The highest BCUT2D eigenvalue weighted by Crippen LogP contribution is 2.24. The topological polar surface area (TPSA) is 55.1 Å². The molecule has 5 heteroatoms. The highest BCUT2D eigenvalue weighted by atomic mass is 19.3. The summed E-state index contributed by atoms with van der Waals surface area (Å²) >= 11 is 0. The van der Waals surface area contributed by atoms with Crippen molar-refractivity contribution in [2.24, 2.45) is 5.73 Å². The quantitative estimate of drug-likeness (QED) is 0.818. The van der Waals surface area contributed by atoms with Gasteiger partial charge in [-0.05, 0) is 18.4 Å². The van der Waals surface area contributed by atoms with E-state index in [0.717, 1.165) is 25.7 Å². The summed E-state index contributed by atoms with van der Waals surface area (Å²) in [5.74, 6) is -0.468. The van der Waals surface area contributed by atoms with Crippen LogP contribution in [0.5, 0.6) is 0 Å². The number of halogens is 2. The second kappa shape index (κ2) is 7.50. The van der Waals surface area contributed by atoms with E-state index in [4.69, 9.17) is 5.73 Å². The second-order valence-corrected chi connectivity index (χ2v) is 5.66. The molecule has 0 bridgehead atoms. The summed E-state index contributed by atoms with van der Waals surface area (Å²) in [6.07, 6.45) is 4.30. The number of hydrogen-bond acceptors (Lipinski definition) is 2. The molecule has 1 aliphatic rings. The van der Waals surface area contributed by atoms with Gasteiger partial charge in [0.15, 0.2) is 0 Å². The van der Waals surface area contributed by atoms with Crippen molar-refractivity contribution < 1.29 is 13.6 Å². The SMILES string of the molecule is NC(=O)C(NC1CCCCCC1)c1ccc(C(F)F)cc1. The van der Waals surface area contributed by atoms with Gasteiger partial charge in [0, 0.05) is 11.6 Å². The molecule has 3 N–H and O–H groups in total. The average molecular weight is 296 g/mol. The van der Waals surface area contributed by atoms with Crippen molar-refractivity contribution in [3.63, 3.8) is 0 Å². The number of primary amides is 1. The lowest BCUT2D eigenvalue weighted by molar-refractivity contribution is -0.120. The molecule has 1 atom stereocenters. The standard InChI is InChI=1S/C16H22F2N2O/c17-15(18)12-9-7-11(8-10-12)14(16(19)21)20-13-5-3-1-2-4-6-13/h7-10,13-15,20H,1-6H2,(H2,19,21). The van der Waals surface area contributed by atoms with Gasteiger partial charge in [-0.2, -0.15) is 0 Å². The fourth-order valence-electron chi connectivity index (χ4n) is 2.86. The van der Waals surface area contributed by atoms with Crippen LogP contribution in [-0.4, -0.2) is 11.9 Å². The van der Waals surface area contributed by atoms with Crippen molar-refractivity contribution >= 4 is 5.91 Å². The molecule has 1 amide bonds. The molecule has 116 valence electrons. The Bertz CT molecular complexity index is 454. The summed E-state index contributed by atoms with van der Waals surface area (Å²) in [7, 11) is 0. The van der Waals surface area contributed by atoms with Crippen LogP contribution in [0.25, 0.3) is 0 Å². The van der Waals surface area contributed by atoms with Gasteiger partial charge in [-0.15, -0.1) is 0 Å². The van der Waals surface area contributed by atoms with E-state index < -0.39 is 18.4 Å². The van der Waals surface area contributed by atoms with Gasteiger partial charge < -0.3 is 5.73 Å². The van der Waals surface area contributed by atoms with Crippen LogP contribution >= 0.6 is 0 Å². The molecule has 1 saturated carbocycles. The Morgan fingerprint density at radius 1 is 1.05 bits per heavy atom. The van der Waals surface area contributed by atoms with E-state index in [1.165, 1.54) is 25.0 Å². The molecule has 0 radical (unpaired) electrons. The predicted molar refractivity (Wildman–Crippen MR) is 78.0 cm³/mol. The molecule has 21 heavy (non-hydrogen) atoms. The molecular formula is C16H22F2N2O. The Morgan fingerprint density at radius 2 is 1.57 bits per heavy atom. The van der Waals surface area contributed by atoms with Crippen LogP contribution in [0.4, 0.5) is 8.78 Å². The van der Waals surface area contributed by atoms with Gasteiger partial charge in [0.1, 0.15) is 6.04 Å². The molecule has 0 aliphatic heterocycles. The Hall–Kier alpha value is -1.49. The zero-order chi connectivity index (χ0) is 15.2. The van der Waals surface area contributed by atoms with Crippen LogP contribution in [0.2, 0.25) is 0 Å². The highest BCUT2D eigenvalue weighted by Gasteiger charge is 2.22. The lowest BCUT2D eigenvalue weighted by Gasteiger charge is -2.23. The van der Waals surface area contributed by atoms with Crippen LogP contribution in [-0.2, 0) is 4.79 Å². The summed E-state index contributed by atoms with van der Waals surface area (Å²) < 4.78 is 25.1. The van der Waals surface area contributed by atoms with Crippen molar-refractivity contribution in [3.8, 4) is 0 Å². The summed E-state index contributed by atoms with van der Waals surface area (Å²) in [5.41, 5.74) is 6.08. The molecule has 0 heterocycles. The largest absolute Gasteiger partial charge is 0.368 e. The van der Waals surface area contributed by atoms with E-state index in [9.17, 15) is 13.6 Å². The zero-order valence-corrected chi connectivity index (χ0v) is 12.0. The Balaban J connectivity index is 2.08. The number of alkyl halides is 2. The lowest BCUT2D eigenvalue weighted by atomic mass is 10.0. The van der Waals surface area contributed by atoms with Crippen molar-refractivity contribution in [2.75, 3.05) is 0 Å². The van der Waals surface area contributed by atoms with E-state index in [0.29, 0.717) is 5.56 Å². The minimum atomic E-state index is -2.50. The summed E-state index contributed by atoms with van der Waals surface area (Å²) in [6.45, 7) is 0. The van der Waals surface area contributed by atoms with E-state index in [1.807, 2.05) is 0 Å². The minimum Gasteiger partial charge on any atom is -0.368 e. The van der Waals surface area contributed by atoms with Gasteiger partial charge in [-0.3, -0.25) is 10.1 Å². The number of hydrogen-bond donors (Lipinski definition) is 2. The maximum absolute atomic E-state index is 12.6. The number of rotatable bonds is 5. The fraction of sp³-hybridized carbons (Fsp3) is 0.562. The van der Waals surface area contributed by atoms with E-state index in [1.54, 1.807) is 12.1 Å². The third kappa shape index (κ3) is 4.49. The molecular weight excluding hydrogens is 274 g/mol. The molecule has 1 aromatic rings. The fourth-order valence-corrected chi connectivity index (χ4v) is 2.86. The molecule has 0 aromatic heterocycles. The van der Waals surface area contributed by atoms with Crippen LogP contribution in [0.1, 0.15) is 62.1 Å². The number of amides is 1. The van der Waals surface area contributed by atoms with Crippen LogP contribution in [0.15, 0.2) is 24.3 Å². The average Bonchev–Trinajstić information content (AvgIpc) is 2.73. The Kier molecular flexibility index (Phi) is 5.67. The molecule has 1 aliphatic carbocycles. The summed E-state index contributed by atoms with van der Waals surface area (Å²) in [6, 6.07) is 5.47. The first kappa shape index (κ1) is 15.9. The summed E-state index contributed by atoms with van der Waals surface area (Å²) in [5, 5.41) is 3.30. The molecule has 1 unspecified atom stereocenters. The molecule has 0 spiro atoms. The van der Waals surface area contributed by atoms with Crippen LogP contribution in [0.3, 0.4) is 0 Å². The first-order valence-corrected chi connectivity index (χ1v) is 7.51. The maximum atomic E-state index is 12.6. The maximum Gasteiger partial charge on any atom is 0.263 e. The molecule has 1 aromatic carbocycles. The minimum absolute atomic E-state index is 0.0450. The molecule has 2 rings (SSSR count). The smallest absolute Gasteiger partial charge is 0.263 e. The van der Waals surface area contributed by atoms with Gasteiger partial charge in [0.05, 0.1) is 0 Å². The van der Waals surface area contributed by atoms with Crippen LogP contribution < -0.4 is 11.1 Å². The van der Waals surface area contributed by atoms with Gasteiger partial charge in [0.25, 0.3) is 6.43 Å². The molecule has 3 nitrogen and oxygen atoms in total. The Labute approximate surface area is 123 Å². The second-order valence-electron chi connectivity index (χ2n) is 5.66. The molecule has 1 fully saturated rings. The lowest BCUT2D eigenvalue weighted by Crippen LogP contribution is -2.39. The first-order chi connectivity index (χ1) is 10.1. The third-order valence-electron chi connectivity index (χ3n) is 4.06. The third-order valence-corrected chi connectivity index (χ3v) is 4.06. The van der Waals surface area contributed by atoms with Crippen molar-refractivity contribution in [3.05, 3.63) is 35.4 Å². The molecule has 0 saturated heterocycles. The van der Waals surface area contributed by atoms with Crippen molar-refractivity contribution in [1.82, 2.24) is 5.32 Å². The van der Waals surface area contributed by atoms with Crippen LogP contribution in [0, 0.1) is 0 Å².